The second kappa shape index (κ2) is 7.90. The summed E-state index contributed by atoms with van der Waals surface area (Å²) in [5, 5.41) is 5.97. The molecular formula is C19H24N2O2S. The van der Waals surface area contributed by atoms with Crippen LogP contribution in [0.3, 0.4) is 0 Å². The van der Waals surface area contributed by atoms with Crippen LogP contribution in [-0.2, 0) is 16.0 Å². The molecule has 3 rings (SSSR count). The first kappa shape index (κ1) is 17.1. The maximum absolute atomic E-state index is 12.1. The SMILES string of the molecule is COCC1(CCNC(=O)Cc2csc(-c3ccccc3)n2)CCC1. The van der Waals surface area contributed by atoms with Crippen LogP contribution in [0, 0.1) is 5.41 Å². The van der Waals surface area contributed by atoms with Gasteiger partial charge in [-0.1, -0.05) is 36.8 Å². The number of carbonyl (C=O) groups excluding carboxylic acids is 1. The molecule has 2 aromatic rings. The normalized spacial score (nSPS) is 15.7. The lowest BCUT2D eigenvalue weighted by Gasteiger charge is -2.41. The Bertz CT molecular complexity index is 665. The molecular weight excluding hydrogens is 320 g/mol. The van der Waals surface area contributed by atoms with E-state index in [0.717, 1.165) is 35.8 Å². The van der Waals surface area contributed by atoms with Crippen LogP contribution >= 0.6 is 11.3 Å². The Balaban J connectivity index is 1.46. The van der Waals surface area contributed by atoms with Crippen LogP contribution < -0.4 is 5.32 Å². The minimum Gasteiger partial charge on any atom is -0.384 e. The number of ether oxygens (including phenoxy) is 1. The predicted octanol–water partition coefficient (Wildman–Crippen LogP) is 3.68. The Morgan fingerprint density at radius 2 is 2.12 bits per heavy atom. The standard InChI is InChI=1S/C19H24N2O2S/c1-23-14-19(8-5-9-19)10-11-20-17(22)12-16-13-24-18(21-16)15-6-3-2-4-7-15/h2-4,6-7,13H,5,8-12,14H2,1H3,(H,20,22). The second-order valence-electron chi connectivity index (χ2n) is 6.57. The molecule has 0 bridgehead atoms. The van der Waals surface area contributed by atoms with E-state index in [-0.39, 0.29) is 5.91 Å². The summed E-state index contributed by atoms with van der Waals surface area (Å²) in [6.07, 6.45) is 5.05. The van der Waals surface area contributed by atoms with E-state index in [1.807, 2.05) is 35.7 Å². The quantitative estimate of drug-likeness (QED) is 0.795. The lowest BCUT2D eigenvalue weighted by Crippen LogP contribution is -2.38. The highest BCUT2D eigenvalue weighted by molar-refractivity contribution is 7.13. The van der Waals surface area contributed by atoms with E-state index in [1.165, 1.54) is 19.3 Å². The van der Waals surface area contributed by atoms with Crippen LogP contribution in [0.2, 0.25) is 0 Å². The fraction of sp³-hybridized carbons (Fsp3) is 0.474. The number of nitrogens with one attached hydrogen (secondary N) is 1. The number of hydrogen-bond acceptors (Lipinski definition) is 4. The van der Waals surface area contributed by atoms with E-state index in [1.54, 1.807) is 18.4 Å². The summed E-state index contributed by atoms with van der Waals surface area (Å²) in [4.78, 5) is 16.7. The topological polar surface area (TPSA) is 51.2 Å². The zero-order chi connectivity index (χ0) is 16.8. The van der Waals surface area contributed by atoms with Crippen molar-refractivity contribution in [2.24, 2.45) is 5.41 Å². The number of amides is 1. The smallest absolute Gasteiger partial charge is 0.226 e. The molecule has 1 aliphatic rings. The number of rotatable bonds is 8. The van der Waals surface area contributed by atoms with Gasteiger partial charge in [0.25, 0.3) is 0 Å². The van der Waals surface area contributed by atoms with Crippen LogP contribution in [0.25, 0.3) is 10.6 Å². The molecule has 4 nitrogen and oxygen atoms in total. The molecule has 0 spiro atoms. The van der Waals surface area contributed by atoms with Crippen molar-refractivity contribution >= 4 is 17.2 Å². The van der Waals surface area contributed by atoms with Gasteiger partial charge in [0.15, 0.2) is 0 Å². The predicted molar refractivity (Wildman–Crippen MR) is 97.0 cm³/mol. The molecule has 1 N–H and O–H groups in total. The summed E-state index contributed by atoms with van der Waals surface area (Å²) >= 11 is 1.58. The fourth-order valence-electron chi connectivity index (χ4n) is 3.25. The van der Waals surface area contributed by atoms with Crippen LogP contribution in [-0.4, -0.2) is 31.2 Å². The Morgan fingerprint density at radius 1 is 1.33 bits per heavy atom. The van der Waals surface area contributed by atoms with E-state index in [9.17, 15) is 4.79 Å². The van der Waals surface area contributed by atoms with Gasteiger partial charge in [0.2, 0.25) is 5.91 Å². The Morgan fingerprint density at radius 3 is 2.79 bits per heavy atom. The Hall–Kier alpha value is -1.72. The van der Waals surface area contributed by atoms with Crippen LogP contribution in [0.15, 0.2) is 35.7 Å². The summed E-state index contributed by atoms with van der Waals surface area (Å²) in [5.74, 6) is 0.0480. The Labute approximate surface area is 147 Å². The van der Waals surface area contributed by atoms with Gasteiger partial charge in [-0.05, 0) is 24.7 Å². The van der Waals surface area contributed by atoms with E-state index in [4.69, 9.17) is 4.74 Å². The minimum atomic E-state index is 0.0480. The molecule has 0 saturated heterocycles. The molecule has 0 atom stereocenters. The van der Waals surface area contributed by atoms with Crippen molar-refractivity contribution in [2.45, 2.75) is 32.1 Å². The summed E-state index contributed by atoms with van der Waals surface area (Å²) < 4.78 is 5.33. The molecule has 0 unspecified atom stereocenters. The van der Waals surface area contributed by atoms with Gasteiger partial charge in [-0.3, -0.25) is 4.79 Å². The van der Waals surface area contributed by atoms with Crippen molar-refractivity contribution in [3.05, 3.63) is 41.4 Å². The van der Waals surface area contributed by atoms with Crippen molar-refractivity contribution < 1.29 is 9.53 Å². The number of benzene rings is 1. The van der Waals surface area contributed by atoms with Gasteiger partial charge in [0.1, 0.15) is 5.01 Å². The van der Waals surface area contributed by atoms with Crippen molar-refractivity contribution in [2.75, 3.05) is 20.3 Å². The number of aromatic nitrogens is 1. The van der Waals surface area contributed by atoms with Gasteiger partial charge in [0.05, 0.1) is 18.7 Å². The largest absolute Gasteiger partial charge is 0.384 e. The molecule has 1 fully saturated rings. The molecule has 128 valence electrons. The van der Waals surface area contributed by atoms with Gasteiger partial charge >= 0.3 is 0 Å². The van der Waals surface area contributed by atoms with E-state index >= 15 is 0 Å². The molecule has 1 amide bonds. The van der Waals surface area contributed by atoms with Crippen molar-refractivity contribution in [3.63, 3.8) is 0 Å². The van der Waals surface area contributed by atoms with Gasteiger partial charge in [-0.25, -0.2) is 4.98 Å². The molecule has 5 heteroatoms. The molecule has 0 aliphatic heterocycles. The number of methoxy groups -OCH3 is 1. The van der Waals surface area contributed by atoms with Gasteiger partial charge in [-0.2, -0.15) is 0 Å². The van der Waals surface area contributed by atoms with Gasteiger partial charge in [-0.15, -0.1) is 11.3 Å². The second-order valence-corrected chi connectivity index (χ2v) is 7.43. The van der Waals surface area contributed by atoms with Crippen molar-refractivity contribution in [3.8, 4) is 10.6 Å². The fourth-order valence-corrected chi connectivity index (χ4v) is 4.07. The minimum absolute atomic E-state index is 0.0480. The first-order chi connectivity index (χ1) is 11.7. The van der Waals surface area contributed by atoms with Crippen LogP contribution in [0.5, 0.6) is 0 Å². The Kier molecular flexibility index (Phi) is 5.63. The first-order valence-electron chi connectivity index (χ1n) is 8.46. The summed E-state index contributed by atoms with van der Waals surface area (Å²) in [5.41, 5.74) is 2.23. The van der Waals surface area contributed by atoms with Gasteiger partial charge < -0.3 is 10.1 Å². The highest BCUT2D eigenvalue weighted by Crippen LogP contribution is 2.43. The highest BCUT2D eigenvalue weighted by atomic mass is 32.1. The number of carbonyl (C=O) groups is 1. The molecule has 1 aliphatic carbocycles. The molecule has 24 heavy (non-hydrogen) atoms. The average molecular weight is 344 g/mol. The monoisotopic (exact) mass is 344 g/mol. The maximum atomic E-state index is 12.1. The van der Waals surface area contributed by atoms with Crippen molar-refractivity contribution in [1.82, 2.24) is 10.3 Å². The van der Waals surface area contributed by atoms with Crippen LogP contribution in [0.1, 0.15) is 31.4 Å². The molecule has 1 saturated carbocycles. The summed E-state index contributed by atoms with van der Waals surface area (Å²) in [7, 11) is 1.76. The zero-order valence-corrected chi connectivity index (χ0v) is 14.9. The van der Waals surface area contributed by atoms with Crippen molar-refractivity contribution in [1.29, 1.82) is 0 Å². The van der Waals surface area contributed by atoms with Crippen LogP contribution in [0.4, 0.5) is 0 Å². The highest BCUT2D eigenvalue weighted by Gasteiger charge is 2.36. The molecule has 1 aromatic carbocycles. The van der Waals surface area contributed by atoms with Gasteiger partial charge in [0, 0.05) is 24.6 Å². The number of hydrogen-bond donors (Lipinski definition) is 1. The number of nitrogens with zero attached hydrogens (tertiary/aromatic N) is 1. The van der Waals surface area contributed by atoms with E-state index in [0.29, 0.717) is 11.8 Å². The lowest BCUT2D eigenvalue weighted by atomic mass is 9.67. The summed E-state index contributed by atoms with van der Waals surface area (Å²) in [6, 6.07) is 10.1. The molecule has 0 radical (unpaired) electrons. The first-order valence-corrected chi connectivity index (χ1v) is 9.34. The lowest BCUT2D eigenvalue weighted by molar-refractivity contribution is -0.120. The maximum Gasteiger partial charge on any atom is 0.226 e. The molecule has 1 heterocycles. The summed E-state index contributed by atoms with van der Waals surface area (Å²) in [6.45, 7) is 1.52. The van der Waals surface area contributed by atoms with E-state index < -0.39 is 0 Å². The third-order valence-corrected chi connectivity index (χ3v) is 5.70. The molecule has 1 aromatic heterocycles. The zero-order valence-electron chi connectivity index (χ0n) is 14.1. The number of thiazole rings is 1. The third kappa shape index (κ3) is 4.22. The van der Waals surface area contributed by atoms with E-state index in [2.05, 4.69) is 10.3 Å². The third-order valence-electron chi connectivity index (χ3n) is 4.76. The average Bonchev–Trinajstić information content (AvgIpc) is 3.02.